The normalized spacial score (nSPS) is 16.3. The van der Waals surface area contributed by atoms with Gasteiger partial charge in [-0.3, -0.25) is 9.13 Å². The van der Waals surface area contributed by atoms with E-state index in [1.807, 2.05) is 66.7 Å². The zero-order chi connectivity index (χ0) is 47.4. The Labute approximate surface area is 316 Å². The fourth-order valence-electron chi connectivity index (χ4n) is 7.28. The first kappa shape index (κ1) is 16.7. The van der Waals surface area contributed by atoms with Crippen LogP contribution in [0, 0.1) is 0 Å². The number of hydrogen-bond donors (Lipinski definition) is 0. The molecule has 11 aromatic rings. The summed E-state index contributed by atoms with van der Waals surface area (Å²) in [6.07, 6.45) is 0. The van der Waals surface area contributed by atoms with E-state index >= 15 is 0 Å². The summed E-state index contributed by atoms with van der Waals surface area (Å²) in [6, 6.07) is 16.5. The minimum Gasteiger partial charge on any atom is -0.309 e. The van der Waals surface area contributed by atoms with E-state index in [2.05, 4.69) is 4.57 Å². The second kappa shape index (κ2) is 10.8. The Morgan fingerprint density at radius 3 is 1.24 bits per heavy atom. The van der Waals surface area contributed by atoms with Gasteiger partial charge < -0.3 is 4.57 Å². The molecular weight excluding hydrogens is 621 g/mol. The van der Waals surface area contributed by atoms with Gasteiger partial charge in [-0.25, -0.2) is 4.98 Å². The highest BCUT2D eigenvalue weighted by Gasteiger charge is 2.20. The van der Waals surface area contributed by atoms with Crippen LogP contribution < -0.4 is 0 Å². The number of nitrogens with zero attached hydrogens (tertiary/aromatic N) is 4. The SMILES string of the molecule is [2H]c1c([2H])c([2H])c2c(c1[2H])c1c([2H])c([2H])c([2H])c([2H])c1n2-c1cc(-c2ccccc2-n2c3ccccc3c3ccccc32)cc(-n2c3c([2H])c([2H])c([2H])c([2H])c3c3c([2H])c([2H])c([2H])c([2H])c32)n1. The molecule has 0 fully saturated rings. The van der Waals surface area contributed by atoms with Crippen LogP contribution in [0.15, 0.2) is 182 Å². The number of para-hydroxylation sites is 7. The topological polar surface area (TPSA) is 27.7 Å². The largest absolute Gasteiger partial charge is 0.309 e. The van der Waals surface area contributed by atoms with Crippen molar-refractivity contribution in [1.82, 2.24) is 18.7 Å². The summed E-state index contributed by atoms with van der Waals surface area (Å²) < 4.78 is 147. The molecule has 4 aromatic heterocycles. The van der Waals surface area contributed by atoms with Gasteiger partial charge >= 0.3 is 0 Å². The van der Waals surface area contributed by atoms with Crippen LogP contribution in [0.4, 0.5) is 0 Å². The first-order valence-corrected chi connectivity index (χ1v) is 16.1. The Balaban J connectivity index is 1.38. The van der Waals surface area contributed by atoms with Crippen LogP contribution in [0.1, 0.15) is 21.9 Å². The van der Waals surface area contributed by atoms with E-state index in [1.165, 1.54) is 9.13 Å². The van der Waals surface area contributed by atoms with E-state index < -0.39 is 96.7 Å². The molecule has 4 heteroatoms. The highest BCUT2D eigenvalue weighted by molar-refractivity contribution is 6.11. The minimum atomic E-state index is -0.653. The third-order valence-electron chi connectivity index (χ3n) is 9.36. The van der Waals surface area contributed by atoms with Crippen LogP contribution in [0.25, 0.3) is 93.9 Å². The van der Waals surface area contributed by atoms with Gasteiger partial charge in [-0.05, 0) is 60.1 Å². The smallest absolute Gasteiger partial charge is 0.140 e. The van der Waals surface area contributed by atoms with Gasteiger partial charge in [-0.15, -0.1) is 0 Å². The van der Waals surface area contributed by atoms with Crippen LogP contribution in [0.2, 0.25) is 0 Å². The maximum Gasteiger partial charge on any atom is 0.140 e. The quantitative estimate of drug-likeness (QED) is 0.184. The third-order valence-corrected chi connectivity index (χ3v) is 9.36. The molecule has 0 saturated carbocycles. The van der Waals surface area contributed by atoms with Crippen LogP contribution in [-0.4, -0.2) is 18.7 Å². The summed E-state index contributed by atoms with van der Waals surface area (Å²) in [5.74, 6) is -0.312. The van der Waals surface area contributed by atoms with Gasteiger partial charge in [0.1, 0.15) is 11.6 Å². The number of pyridine rings is 1. The maximum absolute atomic E-state index is 9.26. The van der Waals surface area contributed by atoms with Crippen molar-refractivity contribution in [3.8, 4) is 28.5 Å². The fraction of sp³-hybridized carbons (Fsp3) is 0. The number of rotatable bonds is 4. The van der Waals surface area contributed by atoms with E-state index in [9.17, 15) is 5.48 Å². The van der Waals surface area contributed by atoms with Gasteiger partial charge in [0.05, 0.1) is 60.7 Å². The zero-order valence-electron chi connectivity index (χ0n) is 42.4. The van der Waals surface area contributed by atoms with Gasteiger partial charge in [0, 0.05) is 37.9 Å². The van der Waals surface area contributed by atoms with E-state index in [4.69, 9.17) is 21.4 Å². The van der Waals surface area contributed by atoms with Crippen LogP contribution >= 0.6 is 0 Å². The maximum atomic E-state index is 9.26. The van der Waals surface area contributed by atoms with Crippen LogP contribution in [0.5, 0.6) is 0 Å². The lowest BCUT2D eigenvalue weighted by Crippen LogP contribution is -2.05. The Hall–Kier alpha value is -6.91. The third kappa shape index (κ3) is 4.05. The van der Waals surface area contributed by atoms with Gasteiger partial charge in [0.15, 0.2) is 0 Å². The second-order valence-electron chi connectivity index (χ2n) is 12.0. The molecule has 11 rings (SSSR count). The molecule has 0 aliphatic heterocycles. The van der Waals surface area contributed by atoms with Crippen molar-refractivity contribution in [1.29, 1.82) is 0 Å². The molecule has 0 N–H and O–H groups in total. The second-order valence-corrected chi connectivity index (χ2v) is 12.0. The van der Waals surface area contributed by atoms with Crippen LogP contribution in [0.3, 0.4) is 0 Å². The van der Waals surface area contributed by atoms with Crippen molar-refractivity contribution in [2.45, 2.75) is 0 Å². The van der Waals surface area contributed by atoms with Gasteiger partial charge in [-0.2, -0.15) is 0 Å². The first-order chi connectivity index (χ1) is 32.0. The molecule has 238 valence electrons. The Bertz CT molecular complexity index is 3690. The monoisotopic (exact) mass is 666 g/mol. The zero-order valence-corrected chi connectivity index (χ0v) is 26.4. The summed E-state index contributed by atoms with van der Waals surface area (Å²) in [6.45, 7) is 0. The Kier molecular flexibility index (Phi) is 3.53. The lowest BCUT2D eigenvalue weighted by atomic mass is 10.0. The van der Waals surface area contributed by atoms with Crippen LogP contribution in [-0.2, 0) is 0 Å². The van der Waals surface area contributed by atoms with E-state index in [-0.39, 0.29) is 55.2 Å². The van der Waals surface area contributed by atoms with Gasteiger partial charge in [-0.1, -0.05) is 127 Å². The minimum absolute atomic E-state index is 0.156. The first-order valence-electron chi connectivity index (χ1n) is 24.1. The molecule has 0 saturated heterocycles. The number of hydrogen-bond acceptors (Lipinski definition) is 1. The lowest BCUT2D eigenvalue weighted by Gasteiger charge is -2.17. The molecule has 7 aromatic carbocycles. The molecule has 0 bridgehead atoms. The van der Waals surface area contributed by atoms with E-state index in [1.54, 1.807) is 18.2 Å². The van der Waals surface area contributed by atoms with Crippen molar-refractivity contribution < 1.29 is 21.9 Å². The average Bonchev–Trinajstić information content (AvgIpc) is 4.01. The van der Waals surface area contributed by atoms with Crippen molar-refractivity contribution >= 4 is 65.4 Å². The molecule has 0 unspecified atom stereocenters. The molecule has 4 heterocycles. The van der Waals surface area contributed by atoms with Gasteiger partial charge in [0.2, 0.25) is 0 Å². The van der Waals surface area contributed by atoms with Crippen molar-refractivity contribution in [3.05, 3.63) is 182 Å². The summed E-state index contributed by atoms with van der Waals surface area (Å²) in [4.78, 5) is 5.04. The molecule has 0 spiro atoms. The summed E-state index contributed by atoms with van der Waals surface area (Å²) in [5.41, 5.74) is 2.34. The number of fused-ring (bicyclic) bond motifs is 9. The molecule has 0 amide bonds. The summed E-state index contributed by atoms with van der Waals surface area (Å²) >= 11 is 0. The fourth-order valence-corrected chi connectivity index (χ4v) is 7.28. The Morgan fingerprint density at radius 1 is 0.373 bits per heavy atom. The van der Waals surface area contributed by atoms with E-state index in [0.717, 1.165) is 21.8 Å². The summed E-state index contributed by atoms with van der Waals surface area (Å²) in [5, 5.41) is 1.12. The molecule has 51 heavy (non-hydrogen) atoms. The molecule has 4 nitrogen and oxygen atoms in total. The Morgan fingerprint density at radius 2 is 0.765 bits per heavy atom. The molecule has 0 aliphatic rings. The average molecular weight is 667 g/mol. The van der Waals surface area contributed by atoms with Gasteiger partial charge in [0.25, 0.3) is 0 Å². The predicted octanol–water partition coefficient (Wildman–Crippen LogP) is 12.0. The van der Waals surface area contributed by atoms with Crippen molar-refractivity contribution in [3.63, 3.8) is 0 Å². The van der Waals surface area contributed by atoms with Crippen molar-refractivity contribution in [2.75, 3.05) is 0 Å². The molecule has 0 atom stereocenters. The van der Waals surface area contributed by atoms with E-state index in [0.29, 0.717) is 16.8 Å². The lowest BCUT2D eigenvalue weighted by molar-refractivity contribution is 1.01. The highest BCUT2D eigenvalue weighted by atomic mass is 15.1. The predicted molar refractivity (Wildman–Crippen MR) is 213 cm³/mol. The molecular formula is C47H30N4. The standard InChI is InChI=1S/C47H30N4/c1-8-22-39(49-40-23-9-2-16-33(40)34-17-3-10-24-41(34)49)32(15-1)31-29-46(50-42-25-11-4-18-35(42)36-19-5-12-26-43(36)50)48-47(30-31)51-44-27-13-6-20-37(44)38-21-7-14-28-45(38)51/h1-30H/i4D,5D,6D,7D,11D,12D,13D,14D,18D,19D,20D,21D,25D,26D,27D,28D. The molecule has 0 aliphatic carbocycles. The highest BCUT2D eigenvalue weighted by Crippen LogP contribution is 2.39. The van der Waals surface area contributed by atoms with Crippen molar-refractivity contribution in [2.24, 2.45) is 0 Å². The number of benzene rings is 7. The molecule has 0 radical (unpaired) electrons. The number of aromatic nitrogens is 4. The summed E-state index contributed by atoms with van der Waals surface area (Å²) in [7, 11) is 0.